The minimum Gasteiger partial charge on any atom is -0.450 e. The third-order valence-electron chi connectivity index (χ3n) is 4.67. The van der Waals surface area contributed by atoms with Gasteiger partial charge < -0.3 is 20.3 Å². The minimum absolute atomic E-state index is 0.00990. The van der Waals surface area contributed by atoms with E-state index in [1.54, 1.807) is 24.9 Å². The SMILES string of the molecule is CCOC(=O)N1CCC(NC(=NC)NCC(C)c2ccc(F)c(F)c2)CC1. The zero-order valence-electron chi connectivity index (χ0n) is 16.1. The van der Waals surface area contributed by atoms with E-state index in [-0.39, 0.29) is 18.1 Å². The number of nitrogens with one attached hydrogen (secondary N) is 2. The Morgan fingerprint density at radius 3 is 2.63 bits per heavy atom. The zero-order chi connectivity index (χ0) is 19.8. The second-order valence-corrected chi connectivity index (χ2v) is 6.63. The van der Waals surface area contributed by atoms with Crippen molar-refractivity contribution in [1.82, 2.24) is 15.5 Å². The summed E-state index contributed by atoms with van der Waals surface area (Å²) in [5, 5.41) is 6.57. The van der Waals surface area contributed by atoms with Crippen LogP contribution in [0.1, 0.15) is 38.2 Å². The molecule has 2 rings (SSSR count). The number of carbonyl (C=O) groups is 1. The normalized spacial score (nSPS) is 16.8. The van der Waals surface area contributed by atoms with Gasteiger partial charge in [-0.1, -0.05) is 13.0 Å². The quantitative estimate of drug-likeness (QED) is 0.607. The Labute approximate surface area is 159 Å². The van der Waals surface area contributed by atoms with Crippen LogP contribution in [0.25, 0.3) is 0 Å². The van der Waals surface area contributed by atoms with Crippen molar-refractivity contribution in [3.05, 3.63) is 35.4 Å². The summed E-state index contributed by atoms with van der Waals surface area (Å²) < 4.78 is 31.5. The Morgan fingerprint density at radius 1 is 1.33 bits per heavy atom. The molecule has 150 valence electrons. The van der Waals surface area contributed by atoms with Crippen LogP contribution in [0, 0.1) is 11.6 Å². The van der Waals surface area contributed by atoms with Crippen LogP contribution in [0.15, 0.2) is 23.2 Å². The summed E-state index contributed by atoms with van der Waals surface area (Å²) in [4.78, 5) is 17.7. The predicted octanol–water partition coefficient (Wildman–Crippen LogP) is 2.85. The van der Waals surface area contributed by atoms with Crippen molar-refractivity contribution >= 4 is 12.1 Å². The Kier molecular flexibility index (Phi) is 7.82. The first-order valence-corrected chi connectivity index (χ1v) is 9.28. The van der Waals surface area contributed by atoms with Gasteiger partial charge in [0.2, 0.25) is 0 Å². The molecule has 1 fully saturated rings. The van der Waals surface area contributed by atoms with E-state index in [1.807, 2.05) is 6.92 Å². The number of hydrogen-bond donors (Lipinski definition) is 2. The molecule has 1 atom stereocenters. The Bertz CT molecular complexity index is 661. The van der Waals surface area contributed by atoms with Gasteiger partial charge in [-0.05, 0) is 43.4 Å². The van der Waals surface area contributed by atoms with Crippen LogP contribution in [0.5, 0.6) is 0 Å². The van der Waals surface area contributed by atoms with E-state index in [9.17, 15) is 13.6 Å². The highest BCUT2D eigenvalue weighted by atomic mass is 19.2. The molecule has 2 N–H and O–H groups in total. The molecule has 0 bridgehead atoms. The van der Waals surface area contributed by atoms with E-state index in [1.165, 1.54) is 6.07 Å². The molecule has 8 heteroatoms. The largest absolute Gasteiger partial charge is 0.450 e. The molecular formula is C19H28F2N4O2. The van der Waals surface area contributed by atoms with Gasteiger partial charge >= 0.3 is 6.09 Å². The Balaban J connectivity index is 1.79. The van der Waals surface area contributed by atoms with Gasteiger partial charge in [0.1, 0.15) is 0 Å². The lowest BCUT2D eigenvalue weighted by Crippen LogP contribution is -2.50. The molecular weight excluding hydrogens is 354 g/mol. The first kappa shape index (κ1) is 20.9. The number of aliphatic imine (C=N–C) groups is 1. The first-order chi connectivity index (χ1) is 12.9. The second-order valence-electron chi connectivity index (χ2n) is 6.63. The average Bonchev–Trinajstić information content (AvgIpc) is 2.67. The number of piperidine rings is 1. The van der Waals surface area contributed by atoms with Gasteiger partial charge in [-0.15, -0.1) is 0 Å². The lowest BCUT2D eigenvalue weighted by Gasteiger charge is -2.32. The molecule has 1 amide bonds. The molecule has 1 aliphatic heterocycles. The van der Waals surface area contributed by atoms with E-state index in [0.717, 1.165) is 24.5 Å². The van der Waals surface area contributed by atoms with Crippen LogP contribution in [-0.4, -0.2) is 56.3 Å². The third-order valence-corrected chi connectivity index (χ3v) is 4.67. The van der Waals surface area contributed by atoms with Crippen LogP contribution in [0.2, 0.25) is 0 Å². The van der Waals surface area contributed by atoms with Crippen molar-refractivity contribution in [2.45, 2.75) is 38.6 Å². The van der Waals surface area contributed by atoms with Crippen LogP contribution >= 0.6 is 0 Å². The lowest BCUT2D eigenvalue weighted by atomic mass is 10.0. The number of benzene rings is 1. The summed E-state index contributed by atoms with van der Waals surface area (Å²) in [5.74, 6) is -1.04. The van der Waals surface area contributed by atoms with Gasteiger partial charge in [0.05, 0.1) is 6.61 Å². The highest BCUT2D eigenvalue weighted by molar-refractivity contribution is 5.80. The Morgan fingerprint density at radius 2 is 2.04 bits per heavy atom. The number of rotatable bonds is 5. The van der Waals surface area contributed by atoms with Crippen molar-refractivity contribution in [1.29, 1.82) is 0 Å². The number of amides is 1. The van der Waals surface area contributed by atoms with E-state index >= 15 is 0 Å². The van der Waals surface area contributed by atoms with E-state index in [2.05, 4.69) is 15.6 Å². The topological polar surface area (TPSA) is 66.0 Å². The molecule has 0 aliphatic carbocycles. The first-order valence-electron chi connectivity index (χ1n) is 9.28. The summed E-state index contributed by atoms with van der Waals surface area (Å²) >= 11 is 0. The maximum atomic E-state index is 13.4. The monoisotopic (exact) mass is 382 g/mol. The van der Waals surface area contributed by atoms with Crippen molar-refractivity contribution in [2.75, 3.05) is 33.3 Å². The van der Waals surface area contributed by atoms with Gasteiger partial charge in [0, 0.05) is 32.7 Å². The van der Waals surface area contributed by atoms with Crippen molar-refractivity contribution in [3.63, 3.8) is 0 Å². The fraction of sp³-hybridized carbons (Fsp3) is 0.579. The lowest BCUT2D eigenvalue weighted by molar-refractivity contribution is 0.0963. The molecule has 1 unspecified atom stereocenters. The smallest absolute Gasteiger partial charge is 0.409 e. The van der Waals surface area contributed by atoms with Crippen molar-refractivity contribution in [3.8, 4) is 0 Å². The van der Waals surface area contributed by atoms with Crippen LogP contribution in [0.3, 0.4) is 0 Å². The fourth-order valence-corrected chi connectivity index (χ4v) is 3.00. The van der Waals surface area contributed by atoms with Gasteiger partial charge in [0.25, 0.3) is 0 Å². The third kappa shape index (κ3) is 6.08. The summed E-state index contributed by atoms with van der Waals surface area (Å²) in [6.45, 7) is 5.92. The fourth-order valence-electron chi connectivity index (χ4n) is 3.00. The number of guanidine groups is 1. The second kappa shape index (κ2) is 10.1. The molecule has 1 heterocycles. The van der Waals surface area contributed by atoms with Crippen LogP contribution in [0.4, 0.5) is 13.6 Å². The van der Waals surface area contributed by atoms with Crippen molar-refractivity contribution < 1.29 is 18.3 Å². The minimum atomic E-state index is -0.842. The molecule has 1 aromatic carbocycles. The summed E-state index contributed by atoms with van der Waals surface area (Å²) in [7, 11) is 1.69. The molecule has 0 radical (unpaired) electrons. The predicted molar refractivity (Wildman–Crippen MR) is 101 cm³/mol. The molecule has 1 aromatic rings. The summed E-state index contributed by atoms with van der Waals surface area (Å²) in [6, 6.07) is 4.17. The number of ether oxygens (including phenoxy) is 1. The summed E-state index contributed by atoms with van der Waals surface area (Å²) in [6.07, 6.45) is 1.34. The van der Waals surface area contributed by atoms with Gasteiger partial charge in [0.15, 0.2) is 17.6 Å². The maximum Gasteiger partial charge on any atom is 0.409 e. The molecule has 0 saturated carbocycles. The van der Waals surface area contributed by atoms with E-state index in [0.29, 0.717) is 32.2 Å². The highest BCUT2D eigenvalue weighted by Gasteiger charge is 2.24. The number of carbonyl (C=O) groups excluding carboxylic acids is 1. The van der Waals surface area contributed by atoms with Crippen LogP contribution < -0.4 is 10.6 Å². The number of nitrogens with zero attached hydrogens (tertiary/aromatic N) is 2. The number of halogens is 2. The molecule has 1 saturated heterocycles. The Hall–Kier alpha value is -2.38. The van der Waals surface area contributed by atoms with Gasteiger partial charge in [-0.2, -0.15) is 0 Å². The van der Waals surface area contributed by atoms with E-state index in [4.69, 9.17) is 4.74 Å². The number of likely N-dealkylation sites (tertiary alicyclic amines) is 1. The van der Waals surface area contributed by atoms with Crippen LogP contribution in [-0.2, 0) is 4.74 Å². The standard InChI is InChI=1S/C19H28F2N4O2/c1-4-27-19(26)25-9-7-15(8-10-25)24-18(22-3)23-12-13(2)14-5-6-16(20)17(21)11-14/h5-6,11,13,15H,4,7-10,12H2,1-3H3,(H2,22,23,24). The number of hydrogen-bond acceptors (Lipinski definition) is 3. The molecule has 0 spiro atoms. The highest BCUT2D eigenvalue weighted by Crippen LogP contribution is 2.17. The summed E-state index contributed by atoms with van der Waals surface area (Å²) in [5.41, 5.74) is 0.722. The van der Waals surface area contributed by atoms with Gasteiger partial charge in [-0.3, -0.25) is 4.99 Å². The maximum absolute atomic E-state index is 13.4. The molecule has 1 aliphatic rings. The van der Waals surface area contributed by atoms with E-state index < -0.39 is 11.6 Å². The van der Waals surface area contributed by atoms with Gasteiger partial charge in [-0.25, -0.2) is 13.6 Å². The zero-order valence-corrected chi connectivity index (χ0v) is 16.1. The average molecular weight is 382 g/mol. The molecule has 0 aromatic heterocycles. The van der Waals surface area contributed by atoms with Crippen molar-refractivity contribution in [2.24, 2.45) is 4.99 Å². The molecule has 27 heavy (non-hydrogen) atoms. The molecule has 6 nitrogen and oxygen atoms in total.